The molecule has 1 amide bonds. The number of para-hydroxylation sites is 1. The Labute approximate surface area is 150 Å². The van der Waals surface area contributed by atoms with E-state index in [2.05, 4.69) is 0 Å². The van der Waals surface area contributed by atoms with Gasteiger partial charge in [0, 0.05) is 19.0 Å². The second kappa shape index (κ2) is 6.19. The van der Waals surface area contributed by atoms with E-state index in [0.29, 0.717) is 16.5 Å². The zero-order chi connectivity index (χ0) is 18.3. The van der Waals surface area contributed by atoms with Crippen molar-refractivity contribution in [3.05, 3.63) is 82.2 Å². The number of fused-ring (bicyclic) bond motifs is 2. The molecule has 1 aliphatic rings. The van der Waals surface area contributed by atoms with Crippen LogP contribution in [0.5, 0.6) is 5.75 Å². The van der Waals surface area contributed by atoms with E-state index >= 15 is 0 Å². The molecule has 0 saturated carbocycles. The summed E-state index contributed by atoms with van der Waals surface area (Å²) < 4.78 is 11.2. The van der Waals surface area contributed by atoms with E-state index in [9.17, 15) is 9.59 Å². The van der Waals surface area contributed by atoms with Gasteiger partial charge >= 0.3 is 0 Å². The fraction of sp³-hybridized carbons (Fsp3) is 0.143. The first-order chi connectivity index (χ1) is 12.6. The lowest BCUT2D eigenvalue weighted by Gasteiger charge is -2.27. The number of hydrogen-bond donors (Lipinski definition) is 0. The number of hydrogen-bond acceptors (Lipinski definition) is 4. The number of allylic oxidation sites excluding steroid dienone is 1. The Hall–Kier alpha value is -3.34. The van der Waals surface area contributed by atoms with Crippen molar-refractivity contribution >= 4 is 22.8 Å². The highest BCUT2D eigenvalue weighted by Crippen LogP contribution is 2.37. The van der Waals surface area contributed by atoms with E-state index < -0.39 is 0 Å². The third-order valence-corrected chi connectivity index (χ3v) is 4.58. The lowest BCUT2D eigenvalue weighted by atomic mass is 9.89. The summed E-state index contributed by atoms with van der Waals surface area (Å²) >= 11 is 0. The number of ether oxygens (including phenoxy) is 1. The maximum Gasteiger partial charge on any atom is 0.230 e. The van der Waals surface area contributed by atoms with Crippen molar-refractivity contribution in [2.45, 2.75) is 12.8 Å². The van der Waals surface area contributed by atoms with Crippen LogP contribution >= 0.6 is 0 Å². The van der Waals surface area contributed by atoms with Gasteiger partial charge < -0.3 is 9.15 Å². The van der Waals surface area contributed by atoms with Crippen LogP contribution < -0.4 is 15.1 Å². The van der Waals surface area contributed by atoms with Crippen LogP contribution in [0.2, 0.25) is 0 Å². The van der Waals surface area contributed by atoms with Crippen molar-refractivity contribution in [3.63, 3.8) is 0 Å². The van der Waals surface area contributed by atoms with Gasteiger partial charge in [-0.25, -0.2) is 0 Å². The Bertz CT molecular complexity index is 1080. The zero-order valence-electron chi connectivity index (χ0n) is 14.4. The molecule has 1 atom stereocenters. The summed E-state index contributed by atoms with van der Waals surface area (Å²) in [6, 6.07) is 14.6. The van der Waals surface area contributed by atoms with E-state index in [0.717, 1.165) is 11.3 Å². The molecule has 1 aliphatic heterocycles. The largest absolute Gasteiger partial charge is 0.497 e. The smallest absolute Gasteiger partial charge is 0.230 e. The number of rotatable bonds is 2. The number of benzene rings is 2. The standard InChI is InChI=1S/C21H17NO4/c1-13(23)22-12-11-16(14-7-9-15(25-2)10-8-14)19-20(24)17-5-3-4-6-18(17)26-21(19)22/h3-12,16H,1-2H3. The topological polar surface area (TPSA) is 59.8 Å². The Balaban J connectivity index is 1.97. The van der Waals surface area contributed by atoms with Crippen molar-refractivity contribution < 1.29 is 13.9 Å². The van der Waals surface area contributed by atoms with Gasteiger partial charge in [-0.2, -0.15) is 0 Å². The molecule has 0 bridgehead atoms. The van der Waals surface area contributed by atoms with E-state index in [1.807, 2.05) is 30.3 Å². The van der Waals surface area contributed by atoms with Crippen LogP contribution in [-0.2, 0) is 4.79 Å². The monoisotopic (exact) mass is 347 g/mol. The number of carbonyl (C=O) groups is 1. The number of nitrogens with zero attached hydrogens (tertiary/aromatic N) is 1. The summed E-state index contributed by atoms with van der Waals surface area (Å²) in [4.78, 5) is 26.6. The van der Waals surface area contributed by atoms with E-state index in [4.69, 9.17) is 9.15 Å². The second-order valence-corrected chi connectivity index (χ2v) is 6.13. The van der Waals surface area contributed by atoms with E-state index in [1.165, 1.54) is 11.8 Å². The Morgan fingerprint density at radius 1 is 1.12 bits per heavy atom. The molecule has 0 saturated heterocycles. The molecule has 130 valence electrons. The van der Waals surface area contributed by atoms with Crippen LogP contribution in [0.15, 0.2) is 70.0 Å². The molecule has 2 aromatic carbocycles. The molecule has 2 heterocycles. The first kappa shape index (κ1) is 16.1. The lowest BCUT2D eigenvalue weighted by Crippen LogP contribution is -2.30. The van der Waals surface area contributed by atoms with Gasteiger partial charge in [-0.3, -0.25) is 14.5 Å². The van der Waals surface area contributed by atoms with Crippen LogP contribution in [-0.4, -0.2) is 13.0 Å². The van der Waals surface area contributed by atoms with Crippen molar-refractivity contribution in [1.82, 2.24) is 0 Å². The minimum absolute atomic E-state index is 0.127. The fourth-order valence-corrected chi connectivity index (χ4v) is 3.27. The highest BCUT2D eigenvalue weighted by molar-refractivity contribution is 5.95. The minimum Gasteiger partial charge on any atom is -0.497 e. The molecule has 0 fully saturated rings. The molecule has 1 aromatic heterocycles. The average molecular weight is 347 g/mol. The summed E-state index contributed by atoms with van der Waals surface area (Å²) in [7, 11) is 1.61. The molecule has 1 unspecified atom stereocenters. The SMILES string of the molecule is COc1ccc(C2C=CN(C(C)=O)c3oc4ccccc4c(=O)c32)cc1. The van der Waals surface area contributed by atoms with Gasteiger partial charge in [-0.05, 0) is 29.8 Å². The Morgan fingerprint density at radius 3 is 2.54 bits per heavy atom. The maximum atomic E-state index is 13.2. The predicted molar refractivity (Wildman–Crippen MR) is 99.6 cm³/mol. The summed E-state index contributed by atoms with van der Waals surface area (Å²) in [6.45, 7) is 1.44. The predicted octanol–water partition coefficient (Wildman–Crippen LogP) is 3.81. The molecule has 0 N–H and O–H groups in total. The molecule has 5 heteroatoms. The Morgan fingerprint density at radius 2 is 1.85 bits per heavy atom. The van der Waals surface area contributed by atoms with Crippen molar-refractivity contribution in [2.75, 3.05) is 12.0 Å². The average Bonchev–Trinajstić information content (AvgIpc) is 2.67. The number of amides is 1. The van der Waals surface area contributed by atoms with Gasteiger partial charge in [0.2, 0.25) is 11.8 Å². The first-order valence-corrected chi connectivity index (χ1v) is 8.28. The summed E-state index contributed by atoms with van der Waals surface area (Å²) in [6.07, 6.45) is 3.51. The van der Waals surface area contributed by atoms with Crippen LogP contribution in [0, 0.1) is 0 Å². The van der Waals surface area contributed by atoms with Gasteiger partial charge in [0.25, 0.3) is 0 Å². The number of methoxy groups -OCH3 is 1. The van der Waals surface area contributed by atoms with E-state index in [-0.39, 0.29) is 23.1 Å². The third kappa shape index (κ3) is 2.49. The minimum atomic E-state index is -0.299. The zero-order valence-corrected chi connectivity index (χ0v) is 14.4. The summed E-state index contributed by atoms with van der Waals surface area (Å²) in [5, 5.41) is 0.503. The van der Waals surface area contributed by atoms with Crippen molar-refractivity contribution in [1.29, 1.82) is 0 Å². The molecule has 4 rings (SSSR count). The first-order valence-electron chi connectivity index (χ1n) is 8.28. The highest BCUT2D eigenvalue weighted by Gasteiger charge is 2.30. The maximum absolute atomic E-state index is 13.2. The quantitative estimate of drug-likeness (QED) is 0.707. The van der Waals surface area contributed by atoms with E-state index in [1.54, 1.807) is 37.6 Å². The molecule has 26 heavy (non-hydrogen) atoms. The van der Waals surface area contributed by atoms with Crippen molar-refractivity contribution in [2.24, 2.45) is 0 Å². The molecular formula is C21H17NO4. The normalized spacial score (nSPS) is 15.8. The number of carbonyl (C=O) groups excluding carboxylic acids is 1. The second-order valence-electron chi connectivity index (χ2n) is 6.13. The summed E-state index contributed by atoms with van der Waals surface area (Å²) in [5.74, 6) is 0.510. The van der Waals surface area contributed by atoms with Gasteiger partial charge in [0.15, 0.2) is 5.43 Å². The lowest BCUT2D eigenvalue weighted by molar-refractivity contribution is -0.116. The molecule has 3 aromatic rings. The molecule has 0 spiro atoms. The van der Waals surface area contributed by atoms with Crippen molar-refractivity contribution in [3.8, 4) is 5.75 Å². The highest BCUT2D eigenvalue weighted by atomic mass is 16.5. The molecular weight excluding hydrogens is 330 g/mol. The van der Waals surface area contributed by atoms with Crippen LogP contribution in [0.4, 0.5) is 5.88 Å². The Kier molecular flexibility index (Phi) is 3.84. The van der Waals surface area contributed by atoms with Crippen LogP contribution in [0.3, 0.4) is 0 Å². The molecule has 0 aliphatic carbocycles. The van der Waals surface area contributed by atoms with Gasteiger partial charge in [-0.1, -0.05) is 30.3 Å². The van der Waals surface area contributed by atoms with Gasteiger partial charge in [0.1, 0.15) is 11.3 Å². The summed E-state index contributed by atoms with van der Waals surface area (Å²) in [5.41, 5.74) is 1.73. The number of anilines is 1. The molecule has 0 radical (unpaired) electrons. The van der Waals surface area contributed by atoms with Crippen LogP contribution in [0.1, 0.15) is 24.0 Å². The van der Waals surface area contributed by atoms with Gasteiger partial charge in [0.05, 0.1) is 18.1 Å². The fourth-order valence-electron chi connectivity index (χ4n) is 3.27. The van der Waals surface area contributed by atoms with Gasteiger partial charge in [-0.15, -0.1) is 0 Å². The van der Waals surface area contributed by atoms with Crippen LogP contribution in [0.25, 0.3) is 11.0 Å². The molecule has 5 nitrogen and oxygen atoms in total. The third-order valence-electron chi connectivity index (χ3n) is 4.58.